The predicted molar refractivity (Wildman–Crippen MR) is 60.6 cm³/mol. The van der Waals surface area contributed by atoms with Gasteiger partial charge in [-0.1, -0.05) is 6.92 Å². The molecule has 0 aromatic rings. The van der Waals surface area contributed by atoms with Gasteiger partial charge in [0.1, 0.15) is 0 Å². The van der Waals surface area contributed by atoms with E-state index in [0.717, 1.165) is 38.5 Å². The van der Waals surface area contributed by atoms with E-state index < -0.39 is 0 Å². The quantitative estimate of drug-likeness (QED) is 0.706. The average molecular weight is 210 g/mol. The van der Waals surface area contributed by atoms with E-state index in [9.17, 15) is 4.79 Å². The molecule has 15 heavy (non-hydrogen) atoms. The molecule has 1 amide bonds. The third-order valence-corrected chi connectivity index (χ3v) is 3.96. The topological polar surface area (TPSA) is 32.3 Å². The molecule has 1 unspecified atom stereocenters. The van der Waals surface area contributed by atoms with Gasteiger partial charge in [-0.25, -0.2) is 0 Å². The molecule has 3 heteroatoms. The maximum Gasteiger partial charge on any atom is 0.229 e. The number of carbonyl (C=O) groups is 1. The molecule has 2 heterocycles. The van der Waals surface area contributed by atoms with Crippen LogP contribution in [-0.4, -0.2) is 37.0 Å². The lowest BCUT2D eigenvalue weighted by Gasteiger charge is -2.35. The summed E-state index contributed by atoms with van der Waals surface area (Å²) in [6.45, 7) is 8.17. The van der Waals surface area contributed by atoms with Gasteiger partial charge in [0.05, 0.1) is 5.41 Å². The Morgan fingerprint density at radius 3 is 2.60 bits per heavy atom. The molecule has 0 aromatic heterocycles. The number of hydrogen-bond donors (Lipinski definition) is 1. The molecule has 2 aliphatic heterocycles. The number of carbonyl (C=O) groups excluding carboxylic acids is 1. The Morgan fingerprint density at radius 2 is 2.07 bits per heavy atom. The van der Waals surface area contributed by atoms with Gasteiger partial charge in [0.15, 0.2) is 0 Å². The van der Waals surface area contributed by atoms with Crippen molar-refractivity contribution in [1.82, 2.24) is 10.2 Å². The lowest BCUT2D eigenvalue weighted by atomic mass is 9.86. The van der Waals surface area contributed by atoms with E-state index >= 15 is 0 Å². The van der Waals surface area contributed by atoms with Crippen LogP contribution in [0.1, 0.15) is 33.1 Å². The molecule has 2 aliphatic rings. The van der Waals surface area contributed by atoms with Gasteiger partial charge < -0.3 is 10.2 Å². The van der Waals surface area contributed by atoms with Crippen LogP contribution in [-0.2, 0) is 4.79 Å². The second kappa shape index (κ2) is 4.12. The van der Waals surface area contributed by atoms with E-state index in [1.54, 1.807) is 0 Å². The Bertz CT molecular complexity index is 238. The molecule has 86 valence electrons. The molecule has 2 fully saturated rings. The molecule has 1 atom stereocenters. The lowest BCUT2D eigenvalue weighted by molar-refractivity contribution is -0.141. The van der Waals surface area contributed by atoms with Gasteiger partial charge in [-0.05, 0) is 38.6 Å². The van der Waals surface area contributed by atoms with Crippen molar-refractivity contribution >= 4 is 5.91 Å². The maximum absolute atomic E-state index is 12.3. The molecule has 0 bridgehead atoms. The van der Waals surface area contributed by atoms with Crippen molar-refractivity contribution in [2.24, 2.45) is 11.3 Å². The first-order valence-electron chi connectivity index (χ1n) is 6.12. The van der Waals surface area contributed by atoms with E-state index in [-0.39, 0.29) is 5.41 Å². The first-order chi connectivity index (χ1) is 7.12. The van der Waals surface area contributed by atoms with Crippen LogP contribution in [0.25, 0.3) is 0 Å². The second-order valence-electron chi connectivity index (χ2n) is 5.46. The van der Waals surface area contributed by atoms with Crippen LogP contribution < -0.4 is 5.32 Å². The standard InChI is InChI=1S/C12H22N2O/c1-10-3-7-14(8-4-10)11(15)12(2)5-6-13-9-12/h10,13H,3-9H2,1-2H3. The zero-order valence-electron chi connectivity index (χ0n) is 9.88. The van der Waals surface area contributed by atoms with E-state index in [0.29, 0.717) is 5.91 Å². The first-order valence-corrected chi connectivity index (χ1v) is 6.12. The van der Waals surface area contributed by atoms with Crippen molar-refractivity contribution in [2.45, 2.75) is 33.1 Å². The van der Waals surface area contributed by atoms with Crippen molar-refractivity contribution in [1.29, 1.82) is 0 Å². The Balaban J connectivity index is 1.95. The zero-order chi connectivity index (χ0) is 10.9. The highest BCUT2D eigenvalue weighted by atomic mass is 16.2. The minimum absolute atomic E-state index is 0.124. The van der Waals surface area contributed by atoms with E-state index in [2.05, 4.69) is 24.1 Å². The first kappa shape index (κ1) is 10.9. The van der Waals surface area contributed by atoms with Crippen molar-refractivity contribution in [2.75, 3.05) is 26.2 Å². The molecular formula is C12H22N2O. The fraction of sp³-hybridized carbons (Fsp3) is 0.917. The van der Waals surface area contributed by atoms with Gasteiger partial charge in [0, 0.05) is 19.6 Å². The van der Waals surface area contributed by atoms with Gasteiger partial charge in [-0.15, -0.1) is 0 Å². The summed E-state index contributed by atoms with van der Waals surface area (Å²) in [5, 5.41) is 3.29. The molecule has 1 N–H and O–H groups in total. The number of likely N-dealkylation sites (tertiary alicyclic amines) is 1. The van der Waals surface area contributed by atoms with E-state index in [1.807, 2.05) is 0 Å². The highest BCUT2D eigenvalue weighted by Gasteiger charge is 2.39. The smallest absolute Gasteiger partial charge is 0.229 e. The zero-order valence-corrected chi connectivity index (χ0v) is 9.88. The van der Waals surface area contributed by atoms with Gasteiger partial charge >= 0.3 is 0 Å². The minimum atomic E-state index is -0.124. The molecule has 2 saturated heterocycles. The molecule has 3 nitrogen and oxygen atoms in total. The summed E-state index contributed by atoms with van der Waals surface area (Å²) < 4.78 is 0. The van der Waals surface area contributed by atoms with Gasteiger partial charge in [0.25, 0.3) is 0 Å². The van der Waals surface area contributed by atoms with Crippen LogP contribution in [0.4, 0.5) is 0 Å². The number of amides is 1. The van der Waals surface area contributed by atoms with Crippen LogP contribution in [0.5, 0.6) is 0 Å². The summed E-state index contributed by atoms with van der Waals surface area (Å²) in [6, 6.07) is 0. The number of nitrogens with one attached hydrogen (secondary N) is 1. The molecular weight excluding hydrogens is 188 g/mol. The van der Waals surface area contributed by atoms with Crippen LogP contribution in [0.2, 0.25) is 0 Å². The summed E-state index contributed by atoms with van der Waals surface area (Å²) in [7, 11) is 0. The fourth-order valence-corrected chi connectivity index (χ4v) is 2.59. The van der Waals surface area contributed by atoms with Crippen LogP contribution in [0, 0.1) is 11.3 Å². The van der Waals surface area contributed by atoms with E-state index in [4.69, 9.17) is 0 Å². The van der Waals surface area contributed by atoms with Crippen LogP contribution in [0.3, 0.4) is 0 Å². The molecule has 0 saturated carbocycles. The van der Waals surface area contributed by atoms with Gasteiger partial charge in [-0.2, -0.15) is 0 Å². The van der Waals surface area contributed by atoms with Crippen molar-refractivity contribution in [3.63, 3.8) is 0 Å². The highest BCUT2D eigenvalue weighted by molar-refractivity contribution is 5.83. The largest absolute Gasteiger partial charge is 0.342 e. The molecule has 2 rings (SSSR count). The lowest BCUT2D eigenvalue weighted by Crippen LogP contribution is -2.46. The number of hydrogen-bond acceptors (Lipinski definition) is 2. The summed E-state index contributed by atoms with van der Waals surface area (Å²) in [5.74, 6) is 1.17. The monoisotopic (exact) mass is 210 g/mol. The number of nitrogens with zero attached hydrogens (tertiary/aromatic N) is 1. The third-order valence-electron chi connectivity index (χ3n) is 3.96. The van der Waals surface area contributed by atoms with Crippen LogP contribution >= 0.6 is 0 Å². The Morgan fingerprint density at radius 1 is 1.40 bits per heavy atom. The number of rotatable bonds is 1. The SMILES string of the molecule is CC1CCN(C(=O)C2(C)CCNC2)CC1. The third kappa shape index (κ3) is 2.17. The predicted octanol–water partition coefficient (Wildman–Crippen LogP) is 1.24. The summed E-state index contributed by atoms with van der Waals surface area (Å²) >= 11 is 0. The average Bonchev–Trinajstić information content (AvgIpc) is 2.67. The second-order valence-corrected chi connectivity index (χ2v) is 5.46. The summed E-state index contributed by atoms with van der Waals surface area (Å²) in [5.41, 5.74) is -0.124. The molecule has 0 aliphatic carbocycles. The van der Waals surface area contributed by atoms with Gasteiger partial charge in [0.2, 0.25) is 5.91 Å². The van der Waals surface area contributed by atoms with Crippen LogP contribution in [0.15, 0.2) is 0 Å². The fourth-order valence-electron chi connectivity index (χ4n) is 2.59. The number of piperidine rings is 1. The van der Waals surface area contributed by atoms with E-state index in [1.165, 1.54) is 12.8 Å². The molecule has 0 radical (unpaired) electrons. The van der Waals surface area contributed by atoms with Gasteiger partial charge in [-0.3, -0.25) is 4.79 Å². The normalized spacial score (nSPS) is 33.3. The molecule has 0 aromatic carbocycles. The summed E-state index contributed by atoms with van der Waals surface area (Å²) in [4.78, 5) is 14.4. The van der Waals surface area contributed by atoms with Crippen molar-refractivity contribution < 1.29 is 4.79 Å². The summed E-state index contributed by atoms with van der Waals surface area (Å²) in [6.07, 6.45) is 3.35. The minimum Gasteiger partial charge on any atom is -0.342 e. The maximum atomic E-state index is 12.3. The highest BCUT2D eigenvalue weighted by Crippen LogP contribution is 2.29. The van der Waals surface area contributed by atoms with Crippen molar-refractivity contribution in [3.05, 3.63) is 0 Å². The molecule has 0 spiro atoms. The Labute approximate surface area is 92.2 Å². The van der Waals surface area contributed by atoms with Crippen molar-refractivity contribution in [3.8, 4) is 0 Å². The Hall–Kier alpha value is -0.570. The Kier molecular flexibility index (Phi) is 3.01.